The van der Waals surface area contributed by atoms with Crippen molar-refractivity contribution in [2.75, 3.05) is 6.61 Å². The van der Waals surface area contributed by atoms with Gasteiger partial charge in [-0.2, -0.15) is 0 Å². The molecule has 0 saturated heterocycles. The zero-order valence-electron chi connectivity index (χ0n) is 21.3. The van der Waals surface area contributed by atoms with E-state index in [-0.39, 0.29) is 23.1 Å². The number of pyridine rings is 1. The predicted molar refractivity (Wildman–Crippen MR) is 140 cm³/mol. The Balaban J connectivity index is 1.78. The first-order valence-corrected chi connectivity index (χ1v) is 12.9. The lowest BCUT2D eigenvalue weighted by Gasteiger charge is -2.34. The fraction of sp³-hybridized carbons (Fsp3) is 0.462. The van der Waals surface area contributed by atoms with E-state index < -0.39 is 0 Å². The maximum absolute atomic E-state index is 13.1. The van der Waals surface area contributed by atoms with Gasteiger partial charge >= 0.3 is 0 Å². The van der Waals surface area contributed by atoms with Crippen molar-refractivity contribution in [3.8, 4) is 5.75 Å². The van der Waals surface area contributed by atoms with E-state index in [0.29, 0.717) is 25.3 Å². The summed E-state index contributed by atoms with van der Waals surface area (Å²) in [5.74, 6) is 1.81. The normalized spacial score (nSPS) is 13.1. The highest BCUT2D eigenvalue weighted by molar-refractivity contribution is 7.09. The van der Waals surface area contributed by atoms with E-state index in [1.807, 2.05) is 35.9 Å². The Kier molecular flexibility index (Phi) is 7.37. The fourth-order valence-electron chi connectivity index (χ4n) is 4.42. The first-order chi connectivity index (χ1) is 16.7. The van der Waals surface area contributed by atoms with Crippen LogP contribution in [-0.2, 0) is 18.6 Å². The number of nitrogens with zero attached hydrogens (tertiary/aromatic N) is 5. The van der Waals surface area contributed by atoms with Crippen LogP contribution < -0.4 is 10.3 Å². The van der Waals surface area contributed by atoms with Crippen LogP contribution in [0.1, 0.15) is 63.8 Å². The largest absolute Gasteiger partial charge is 0.494 e. The summed E-state index contributed by atoms with van der Waals surface area (Å²) in [5, 5.41) is 15.8. The molecule has 0 saturated carbocycles. The highest BCUT2D eigenvalue weighted by Gasteiger charge is 2.33. The molecule has 9 heteroatoms. The molecule has 0 spiro atoms. The molecule has 3 heterocycles. The van der Waals surface area contributed by atoms with Gasteiger partial charge in [-0.25, -0.2) is 4.68 Å². The van der Waals surface area contributed by atoms with Gasteiger partial charge in [0.15, 0.2) is 5.82 Å². The number of H-pyrrole nitrogens is 1. The zero-order chi connectivity index (χ0) is 25.2. The molecule has 0 aliphatic carbocycles. The van der Waals surface area contributed by atoms with Crippen LogP contribution >= 0.6 is 11.3 Å². The molecule has 0 radical (unpaired) electrons. The third-order valence-electron chi connectivity index (χ3n) is 5.93. The minimum Gasteiger partial charge on any atom is -0.494 e. The summed E-state index contributed by atoms with van der Waals surface area (Å²) in [6.45, 7) is 14.3. The van der Waals surface area contributed by atoms with Crippen LogP contribution in [0.3, 0.4) is 0 Å². The minimum absolute atomic E-state index is 0.0869. The molecule has 4 aromatic rings. The molecule has 0 bridgehead atoms. The van der Waals surface area contributed by atoms with E-state index in [9.17, 15) is 4.79 Å². The molecule has 8 nitrogen and oxygen atoms in total. The highest BCUT2D eigenvalue weighted by Crippen LogP contribution is 2.33. The number of benzene rings is 1. The maximum Gasteiger partial charge on any atom is 0.252 e. The van der Waals surface area contributed by atoms with Crippen molar-refractivity contribution in [2.45, 2.75) is 66.2 Å². The van der Waals surface area contributed by atoms with Crippen molar-refractivity contribution in [3.05, 3.63) is 68.4 Å². The van der Waals surface area contributed by atoms with E-state index in [0.717, 1.165) is 22.5 Å². The Bertz CT molecular complexity index is 1320. The monoisotopic (exact) mass is 494 g/mol. The van der Waals surface area contributed by atoms with Crippen LogP contribution in [0.15, 0.2) is 46.6 Å². The van der Waals surface area contributed by atoms with Crippen LogP contribution in [0.4, 0.5) is 0 Å². The second-order valence-corrected chi connectivity index (χ2v) is 11.1. The number of tetrazole rings is 1. The van der Waals surface area contributed by atoms with E-state index in [2.05, 4.69) is 77.5 Å². The van der Waals surface area contributed by atoms with Crippen molar-refractivity contribution in [1.82, 2.24) is 30.1 Å². The van der Waals surface area contributed by atoms with Gasteiger partial charge < -0.3 is 9.72 Å². The van der Waals surface area contributed by atoms with Crippen molar-refractivity contribution in [1.29, 1.82) is 0 Å². The van der Waals surface area contributed by atoms with Gasteiger partial charge in [-0.3, -0.25) is 9.69 Å². The lowest BCUT2D eigenvalue weighted by molar-refractivity contribution is 0.121. The van der Waals surface area contributed by atoms with E-state index >= 15 is 0 Å². The summed E-state index contributed by atoms with van der Waals surface area (Å²) in [4.78, 5) is 19.7. The minimum atomic E-state index is -0.267. The molecule has 0 aliphatic heterocycles. The van der Waals surface area contributed by atoms with Crippen LogP contribution in [0.2, 0.25) is 0 Å². The van der Waals surface area contributed by atoms with Crippen molar-refractivity contribution >= 4 is 22.2 Å². The molecule has 0 fully saturated rings. The molecule has 1 aromatic carbocycles. The molecular formula is C26H34N6O2S. The Hall–Kier alpha value is -3.04. The smallest absolute Gasteiger partial charge is 0.252 e. The molecule has 0 unspecified atom stereocenters. The number of aromatic nitrogens is 5. The fourth-order valence-corrected chi connectivity index (χ4v) is 5.15. The average molecular weight is 495 g/mol. The van der Waals surface area contributed by atoms with Gasteiger partial charge in [0.2, 0.25) is 0 Å². The van der Waals surface area contributed by atoms with E-state index in [1.54, 1.807) is 11.3 Å². The van der Waals surface area contributed by atoms with Gasteiger partial charge in [0.25, 0.3) is 5.56 Å². The molecular weight excluding hydrogens is 460 g/mol. The summed E-state index contributed by atoms with van der Waals surface area (Å²) in [6, 6.07) is 11.8. The van der Waals surface area contributed by atoms with Crippen molar-refractivity contribution in [2.24, 2.45) is 5.92 Å². The molecule has 1 N–H and O–H groups in total. The van der Waals surface area contributed by atoms with Gasteiger partial charge in [0.05, 0.1) is 18.2 Å². The molecule has 35 heavy (non-hydrogen) atoms. The van der Waals surface area contributed by atoms with E-state index in [4.69, 9.17) is 4.74 Å². The Labute approximate surface area is 209 Å². The molecule has 1 atom stereocenters. The first kappa shape index (κ1) is 25.1. The second-order valence-electron chi connectivity index (χ2n) is 10.1. The van der Waals surface area contributed by atoms with Gasteiger partial charge in [-0.1, -0.05) is 19.9 Å². The van der Waals surface area contributed by atoms with Crippen LogP contribution in [0.25, 0.3) is 10.9 Å². The number of aromatic amines is 1. The standard InChI is InChI=1S/C26H34N6O2S/c1-7-34-20-10-11-22-18(14-20)13-19(25(33)27-22)15-31(16-21-9-8-12-35-21)23(17(2)3)24-28-29-30-32(24)26(4,5)6/h8-14,17,23H,7,15-16H2,1-6H3,(H,27,33)/t23-/m0/s1. The number of hydrogen-bond donors (Lipinski definition) is 1. The topological polar surface area (TPSA) is 88.9 Å². The SMILES string of the molecule is CCOc1ccc2[nH]c(=O)c(CN(Cc3cccs3)[C@H](c3nnnn3C(C)(C)C)C(C)C)cc2c1. The predicted octanol–water partition coefficient (Wildman–Crippen LogP) is 5.13. The number of hydrogen-bond acceptors (Lipinski definition) is 7. The maximum atomic E-state index is 13.1. The summed E-state index contributed by atoms with van der Waals surface area (Å²) in [6.07, 6.45) is 0. The molecule has 186 valence electrons. The van der Waals surface area contributed by atoms with Crippen molar-refractivity contribution in [3.63, 3.8) is 0 Å². The van der Waals surface area contributed by atoms with Gasteiger partial charge in [-0.15, -0.1) is 16.4 Å². The van der Waals surface area contributed by atoms with Gasteiger partial charge in [0.1, 0.15) is 5.75 Å². The summed E-state index contributed by atoms with van der Waals surface area (Å²) in [5.41, 5.74) is 1.14. The van der Waals surface area contributed by atoms with Crippen LogP contribution in [0.5, 0.6) is 5.75 Å². The number of rotatable bonds is 9. The van der Waals surface area contributed by atoms with Crippen LogP contribution in [-0.4, -0.2) is 36.7 Å². The first-order valence-electron chi connectivity index (χ1n) is 12.0. The summed E-state index contributed by atoms with van der Waals surface area (Å²) in [7, 11) is 0. The van der Waals surface area contributed by atoms with Crippen LogP contribution in [0, 0.1) is 5.92 Å². The number of ether oxygens (including phenoxy) is 1. The number of fused-ring (bicyclic) bond motifs is 1. The lowest BCUT2D eigenvalue weighted by Crippen LogP contribution is -2.37. The molecule has 0 aliphatic rings. The lowest BCUT2D eigenvalue weighted by atomic mass is 9.99. The zero-order valence-corrected chi connectivity index (χ0v) is 22.1. The Morgan fingerprint density at radius 3 is 2.63 bits per heavy atom. The quantitative estimate of drug-likeness (QED) is 0.347. The summed E-state index contributed by atoms with van der Waals surface area (Å²) >= 11 is 1.71. The average Bonchev–Trinajstić information content (AvgIpc) is 3.47. The Morgan fingerprint density at radius 2 is 1.97 bits per heavy atom. The number of nitrogens with one attached hydrogen (secondary N) is 1. The van der Waals surface area contributed by atoms with Gasteiger partial charge in [0, 0.05) is 34.4 Å². The van der Waals surface area contributed by atoms with E-state index in [1.165, 1.54) is 4.88 Å². The third kappa shape index (κ3) is 5.62. The second kappa shape index (κ2) is 10.3. The molecule has 3 aromatic heterocycles. The molecule has 4 rings (SSSR count). The molecule has 0 amide bonds. The third-order valence-corrected chi connectivity index (χ3v) is 6.80. The van der Waals surface area contributed by atoms with Crippen molar-refractivity contribution < 1.29 is 4.74 Å². The Morgan fingerprint density at radius 1 is 1.17 bits per heavy atom. The summed E-state index contributed by atoms with van der Waals surface area (Å²) < 4.78 is 7.57. The highest BCUT2D eigenvalue weighted by atomic mass is 32.1. The number of thiophene rings is 1. The van der Waals surface area contributed by atoms with Gasteiger partial charge in [-0.05, 0) is 79.8 Å².